The molecule has 6 heteroatoms. The zero-order chi connectivity index (χ0) is 18.4. The van der Waals surface area contributed by atoms with Crippen molar-refractivity contribution in [2.75, 3.05) is 0 Å². The number of benzene rings is 2. The van der Waals surface area contributed by atoms with Crippen LogP contribution in [0, 0.1) is 0 Å². The molecule has 2 N–H and O–H groups in total. The van der Waals surface area contributed by atoms with Gasteiger partial charge >= 0.3 is 14.2 Å². The highest BCUT2D eigenvalue weighted by Gasteiger charge is 2.36. The van der Waals surface area contributed by atoms with Gasteiger partial charge in [-0.25, -0.2) is 0 Å². The minimum absolute atomic E-state index is 0.122. The molecule has 2 atom stereocenters. The smallest absolute Gasteiger partial charge is 0.423 e. The van der Waals surface area contributed by atoms with Crippen molar-refractivity contribution in [1.29, 1.82) is 0 Å². The summed E-state index contributed by atoms with van der Waals surface area (Å²) in [5.41, 5.74) is 6.30. The van der Waals surface area contributed by atoms with Crippen LogP contribution in [0.4, 0.5) is 0 Å². The molecule has 2 aromatic rings. The Balaban J connectivity index is 1.57. The van der Waals surface area contributed by atoms with E-state index in [0.29, 0.717) is 12.5 Å². The molecule has 0 fully saturated rings. The Morgan fingerprint density at radius 1 is 1.00 bits per heavy atom. The van der Waals surface area contributed by atoms with Crippen LogP contribution in [0.15, 0.2) is 36.4 Å². The topological polar surface area (TPSA) is 58.9 Å². The van der Waals surface area contributed by atoms with Gasteiger partial charge in [-0.2, -0.15) is 0 Å². The van der Waals surface area contributed by atoms with Gasteiger partial charge < -0.3 is 19.4 Å². The lowest BCUT2D eigenvalue weighted by atomic mass is 9.76. The molecule has 2 aliphatic heterocycles. The second-order valence-corrected chi connectivity index (χ2v) is 7.78. The molecular weight excluding hydrogens is 326 g/mol. The van der Waals surface area contributed by atoms with Crippen molar-refractivity contribution in [3.8, 4) is 0 Å². The maximum atomic E-state index is 10.3. The van der Waals surface area contributed by atoms with E-state index in [1.54, 1.807) is 0 Å². The van der Waals surface area contributed by atoms with Crippen LogP contribution in [0.2, 0.25) is 0 Å². The average Bonchev–Trinajstić information content (AvgIpc) is 3.15. The predicted octanol–water partition coefficient (Wildman–Crippen LogP) is 1.98. The van der Waals surface area contributed by atoms with Crippen LogP contribution < -0.4 is 10.9 Å². The molecule has 0 aliphatic carbocycles. The van der Waals surface area contributed by atoms with E-state index in [2.05, 4.69) is 39.0 Å². The Morgan fingerprint density at radius 2 is 1.77 bits per heavy atom. The molecule has 2 aliphatic rings. The summed E-state index contributed by atoms with van der Waals surface area (Å²) >= 11 is 0. The summed E-state index contributed by atoms with van der Waals surface area (Å²) in [5, 5.41) is 20.2. The highest BCUT2D eigenvalue weighted by atomic mass is 16.5. The molecule has 0 amide bonds. The SMILES string of the molecule is CC(C)c1ccc2c(c1)C(CC(C)c1ccc3c(c1)B(O)OC3)OB2O. The third kappa shape index (κ3) is 3.12. The normalized spacial score (nSPS) is 19.8. The molecule has 2 aromatic carbocycles. The van der Waals surface area contributed by atoms with Gasteiger partial charge in [0.1, 0.15) is 0 Å². The highest BCUT2D eigenvalue weighted by molar-refractivity contribution is 6.62. The van der Waals surface area contributed by atoms with E-state index in [-0.39, 0.29) is 12.0 Å². The first-order valence-electron chi connectivity index (χ1n) is 9.33. The summed E-state index contributed by atoms with van der Waals surface area (Å²) in [6.07, 6.45) is 0.657. The van der Waals surface area contributed by atoms with Gasteiger partial charge in [0.05, 0.1) is 12.7 Å². The van der Waals surface area contributed by atoms with Crippen molar-refractivity contribution >= 4 is 25.2 Å². The van der Waals surface area contributed by atoms with Crippen molar-refractivity contribution in [1.82, 2.24) is 0 Å². The van der Waals surface area contributed by atoms with Crippen molar-refractivity contribution in [3.05, 3.63) is 58.7 Å². The molecule has 2 unspecified atom stereocenters. The summed E-state index contributed by atoms with van der Waals surface area (Å²) in [4.78, 5) is 0. The third-order valence-corrected chi connectivity index (χ3v) is 5.65. The van der Waals surface area contributed by atoms with Crippen LogP contribution in [0.1, 0.15) is 67.4 Å². The van der Waals surface area contributed by atoms with E-state index in [0.717, 1.165) is 34.0 Å². The largest absolute Gasteiger partial charge is 0.491 e. The van der Waals surface area contributed by atoms with E-state index in [1.807, 2.05) is 18.2 Å². The zero-order valence-corrected chi connectivity index (χ0v) is 15.5. The zero-order valence-electron chi connectivity index (χ0n) is 15.5. The van der Waals surface area contributed by atoms with Crippen LogP contribution in [-0.2, 0) is 15.9 Å². The van der Waals surface area contributed by atoms with Crippen LogP contribution in [0.3, 0.4) is 0 Å². The molecule has 26 heavy (non-hydrogen) atoms. The first-order chi connectivity index (χ1) is 12.4. The summed E-state index contributed by atoms with van der Waals surface area (Å²) < 4.78 is 11.1. The molecule has 2 heterocycles. The Bertz CT molecular complexity index is 823. The number of hydrogen-bond donors (Lipinski definition) is 2. The molecule has 134 valence electrons. The fourth-order valence-electron chi connectivity index (χ4n) is 3.94. The van der Waals surface area contributed by atoms with Gasteiger partial charge in [0.2, 0.25) is 0 Å². The molecule has 0 bridgehead atoms. The number of fused-ring (bicyclic) bond motifs is 2. The minimum atomic E-state index is -0.848. The van der Waals surface area contributed by atoms with Gasteiger partial charge in [0, 0.05) is 0 Å². The van der Waals surface area contributed by atoms with Crippen molar-refractivity contribution in [2.45, 2.75) is 51.7 Å². The number of hydrogen-bond acceptors (Lipinski definition) is 4. The third-order valence-electron chi connectivity index (χ3n) is 5.65. The molecule has 0 saturated carbocycles. The van der Waals surface area contributed by atoms with E-state index < -0.39 is 14.2 Å². The van der Waals surface area contributed by atoms with Gasteiger partial charge in [-0.05, 0) is 51.4 Å². The standard InChI is InChI=1S/C20H24B2O4/c1-12(2)14-6-7-18-17(9-14)20(26-22(18)24)8-13(3)15-4-5-16-11-25-21(23)19(16)10-15/h4-7,9-10,12-13,20,23-24H,8,11H2,1-3H3. The van der Waals surface area contributed by atoms with Crippen LogP contribution in [0.25, 0.3) is 0 Å². The van der Waals surface area contributed by atoms with Crippen molar-refractivity contribution in [2.24, 2.45) is 0 Å². The summed E-state index contributed by atoms with van der Waals surface area (Å²) in [6.45, 7) is 6.96. The Morgan fingerprint density at radius 3 is 2.54 bits per heavy atom. The molecule has 4 rings (SSSR count). The Kier molecular flexibility index (Phi) is 4.70. The Labute approximate surface area is 155 Å². The predicted molar refractivity (Wildman–Crippen MR) is 104 cm³/mol. The fourth-order valence-corrected chi connectivity index (χ4v) is 3.94. The summed E-state index contributed by atoms with van der Waals surface area (Å²) in [5.74, 6) is 0.674. The average molecular weight is 350 g/mol. The lowest BCUT2D eigenvalue weighted by Gasteiger charge is -2.20. The highest BCUT2D eigenvalue weighted by Crippen LogP contribution is 2.35. The van der Waals surface area contributed by atoms with Gasteiger partial charge in [-0.1, -0.05) is 57.2 Å². The van der Waals surface area contributed by atoms with E-state index in [1.165, 1.54) is 5.56 Å². The molecule has 0 saturated heterocycles. The maximum absolute atomic E-state index is 10.3. The van der Waals surface area contributed by atoms with Gasteiger partial charge in [-0.15, -0.1) is 0 Å². The fraction of sp³-hybridized carbons (Fsp3) is 0.400. The summed E-state index contributed by atoms with van der Waals surface area (Å²) in [6, 6.07) is 12.4. The second kappa shape index (κ2) is 6.86. The van der Waals surface area contributed by atoms with Crippen molar-refractivity contribution < 1.29 is 19.4 Å². The summed E-state index contributed by atoms with van der Waals surface area (Å²) in [7, 11) is -1.67. The van der Waals surface area contributed by atoms with Gasteiger partial charge in [0.15, 0.2) is 0 Å². The molecule has 0 radical (unpaired) electrons. The van der Waals surface area contributed by atoms with Gasteiger partial charge in [0.25, 0.3) is 0 Å². The quantitative estimate of drug-likeness (QED) is 0.829. The molecule has 4 nitrogen and oxygen atoms in total. The number of rotatable bonds is 4. The van der Waals surface area contributed by atoms with E-state index >= 15 is 0 Å². The van der Waals surface area contributed by atoms with Crippen LogP contribution >= 0.6 is 0 Å². The van der Waals surface area contributed by atoms with Crippen LogP contribution in [0.5, 0.6) is 0 Å². The van der Waals surface area contributed by atoms with Gasteiger partial charge in [-0.3, -0.25) is 0 Å². The monoisotopic (exact) mass is 350 g/mol. The van der Waals surface area contributed by atoms with Crippen molar-refractivity contribution in [3.63, 3.8) is 0 Å². The van der Waals surface area contributed by atoms with Crippen LogP contribution in [-0.4, -0.2) is 24.3 Å². The lowest BCUT2D eigenvalue weighted by Crippen LogP contribution is -2.28. The molecule has 0 spiro atoms. The molecule has 0 aromatic heterocycles. The lowest BCUT2D eigenvalue weighted by molar-refractivity contribution is 0.173. The second-order valence-electron chi connectivity index (χ2n) is 7.78. The van der Waals surface area contributed by atoms with E-state index in [4.69, 9.17) is 9.31 Å². The first-order valence-corrected chi connectivity index (χ1v) is 9.33. The first kappa shape index (κ1) is 17.8. The minimum Gasteiger partial charge on any atom is -0.423 e. The molecular formula is C20H24B2O4. The Hall–Kier alpha value is -1.59. The van der Waals surface area contributed by atoms with E-state index in [9.17, 15) is 10.0 Å². The maximum Gasteiger partial charge on any atom is 0.491 e.